The van der Waals surface area contributed by atoms with Gasteiger partial charge in [0.25, 0.3) is 14.4 Å². The highest BCUT2D eigenvalue weighted by molar-refractivity contribution is 7.92. The third-order valence-corrected chi connectivity index (χ3v) is 5.82. The second-order valence-electron chi connectivity index (χ2n) is 6.40. The number of sulfonamides is 1. The van der Waals surface area contributed by atoms with E-state index in [9.17, 15) is 13.2 Å². The number of benzene rings is 1. The summed E-state index contributed by atoms with van der Waals surface area (Å²) in [5.74, 6) is 1.20. The molecule has 0 saturated heterocycles. The summed E-state index contributed by atoms with van der Waals surface area (Å²) in [7, 11) is -4.16. The molecule has 0 bridgehead atoms. The molecule has 1 heterocycles. The Labute approximate surface area is 166 Å². The summed E-state index contributed by atoms with van der Waals surface area (Å²) in [6.07, 6.45) is -0.330. The van der Waals surface area contributed by atoms with Crippen molar-refractivity contribution < 1.29 is 22.7 Å². The van der Waals surface area contributed by atoms with Gasteiger partial charge in [-0.3, -0.25) is 0 Å². The van der Waals surface area contributed by atoms with E-state index in [2.05, 4.69) is 10.2 Å². The van der Waals surface area contributed by atoms with Crippen LogP contribution in [0, 0.1) is 0 Å². The van der Waals surface area contributed by atoms with E-state index < -0.39 is 21.7 Å². The molecule has 148 valence electrons. The summed E-state index contributed by atoms with van der Waals surface area (Å²) >= 11 is 6.44. The van der Waals surface area contributed by atoms with Gasteiger partial charge < -0.3 is 9.47 Å². The van der Waals surface area contributed by atoms with Gasteiger partial charge >= 0.3 is 6.09 Å². The lowest BCUT2D eigenvalue weighted by atomic mass is 10.2. The lowest BCUT2D eigenvalue weighted by molar-refractivity contribution is 0.0570. The highest BCUT2D eigenvalue weighted by atomic mass is 35.5. The number of carbonyl (C=O) groups is 1. The van der Waals surface area contributed by atoms with E-state index in [0.717, 1.165) is 17.8 Å². The molecule has 0 aliphatic rings. The Balaban J connectivity index is 2.08. The highest BCUT2D eigenvalue weighted by Crippen LogP contribution is 2.27. The van der Waals surface area contributed by atoms with E-state index in [1.54, 1.807) is 45.0 Å². The number of amides is 1. The molecule has 0 saturated carbocycles. The molecule has 2 rings (SSSR count). The van der Waals surface area contributed by atoms with Crippen molar-refractivity contribution in [2.45, 2.75) is 37.1 Å². The van der Waals surface area contributed by atoms with Gasteiger partial charge in [0.2, 0.25) is 0 Å². The smallest absolute Gasteiger partial charge is 0.421 e. The molecule has 27 heavy (non-hydrogen) atoms. The number of carbonyl (C=O) groups excluding carboxylic acids is 1. The van der Waals surface area contributed by atoms with Gasteiger partial charge in [-0.1, -0.05) is 11.3 Å². The first-order valence-electron chi connectivity index (χ1n) is 7.99. The fraction of sp³-hybridized carbons (Fsp3) is 0.438. The van der Waals surface area contributed by atoms with Crippen molar-refractivity contribution in [3.63, 3.8) is 0 Å². The summed E-state index contributed by atoms with van der Waals surface area (Å²) in [5.41, 5.74) is -0.143. The summed E-state index contributed by atoms with van der Waals surface area (Å²) < 4.78 is 36.4. The van der Waals surface area contributed by atoms with Crippen LogP contribution in [0.25, 0.3) is 10.6 Å². The molecular formula is C16H20ClN3O5S2. The number of hydrogen-bond donors (Lipinski definition) is 1. The van der Waals surface area contributed by atoms with Crippen LogP contribution in [0.4, 0.5) is 4.79 Å². The number of alkyl halides is 1. The van der Waals surface area contributed by atoms with Crippen molar-refractivity contribution in [2.75, 3.05) is 12.5 Å². The Bertz CT molecular complexity index is 876. The van der Waals surface area contributed by atoms with Gasteiger partial charge in [-0.25, -0.2) is 9.52 Å². The molecule has 0 unspecified atom stereocenters. The van der Waals surface area contributed by atoms with Crippen LogP contribution in [-0.2, 0) is 14.8 Å². The standard InChI is InChI=1S/C16H20ClN3O5S2/c1-16(2,3)25-14(21)20-27(22,23)15-19-18-13(26-15)11-5-7-12(8-6-11)24-10-4-9-17/h5-8H,4,9-10H2,1-3H3,(H,20,21). The lowest BCUT2D eigenvalue weighted by Gasteiger charge is -2.19. The van der Waals surface area contributed by atoms with Crippen molar-refractivity contribution in [1.82, 2.24) is 14.9 Å². The predicted octanol–water partition coefficient (Wildman–Crippen LogP) is 3.43. The number of nitrogens with one attached hydrogen (secondary N) is 1. The fourth-order valence-electron chi connectivity index (χ4n) is 1.83. The topological polar surface area (TPSA) is 107 Å². The first-order chi connectivity index (χ1) is 12.6. The van der Waals surface area contributed by atoms with Crippen LogP contribution in [0.3, 0.4) is 0 Å². The minimum atomic E-state index is -4.16. The molecule has 1 N–H and O–H groups in total. The molecule has 0 radical (unpaired) electrons. The van der Waals surface area contributed by atoms with Gasteiger partial charge in [0.1, 0.15) is 16.4 Å². The average Bonchev–Trinajstić information content (AvgIpc) is 3.04. The monoisotopic (exact) mass is 433 g/mol. The minimum Gasteiger partial charge on any atom is -0.494 e. The summed E-state index contributed by atoms with van der Waals surface area (Å²) in [4.78, 5) is 11.7. The van der Waals surface area contributed by atoms with Crippen molar-refractivity contribution in [3.05, 3.63) is 24.3 Å². The number of halogens is 1. The number of hydrogen-bond acceptors (Lipinski definition) is 8. The van der Waals surface area contributed by atoms with Gasteiger partial charge in [-0.2, -0.15) is 8.42 Å². The predicted molar refractivity (Wildman–Crippen MR) is 103 cm³/mol. The highest BCUT2D eigenvalue weighted by Gasteiger charge is 2.26. The molecule has 8 nitrogen and oxygen atoms in total. The molecule has 0 aliphatic heterocycles. The zero-order valence-corrected chi connectivity index (χ0v) is 17.4. The van der Waals surface area contributed by atoms with E-state index >= 15 is 0 Å². The maximum absolute atomic E-state index is 12.2. The fourth-order valence-corrected chi connectivity index (χ4v) is 3.81. The van der Waals surface area contributed by atoms with E-state index in [4.69, 9.17) is 21.1 Å². The molecule has 0 fully saturated rings. The Hall–Kier alpha value is -1.91. The minimum absolute atomic E-state index is 0.328. The Morgan fingerprint density at radius 2 is 1.89 bits per heavy atom. The quantitative estimate of drug-likeness (QED) is 0.526. The van der Waals surface area contributed by atoms with E-state index in [1.165, 1.54) is 0 Å². The van der Waals surface area contributed by atoms with Gasteiger partial charge in [-0.05, 0) is 51.5 Å². The van der Waals surface area contributed by atoms with E-state index in [1.807, 2.05) is 4.72 Å². The van der Waals surface area contributed by atoms with Gasteiger partial charge in [0, 0.05) is 11.4 Å². The van der Waals surface area contributed by atoms with Crippen LogP contribution < -0.4 is 9.46 Å². The molecule has 1 amide bonds. The lowest BCUT2D eigenvalue weighted by Crippen LogP contribution is -2.36. The van der Waals surface area contributed by atoms with E-state index in [0.29, 0.717) is 28.8 Å². The van der Waals surface area contributed by atoms with Crippen LogP contribution in [0.1, 0.15) is 27.2 Å². The third-order valence-electron chi connectivity index (χ3n) is 2.90. The largest absolute Gasteiger partial charge is 0.494 e. The third kappa shape index (κ3) is 6.64. The Morgan fingerprint density at radius 3 is 2.48 bits per heavy atom. The number of ether oxygens (including phenoxy) is 2. The summed E-state index contributed by atoms with van der Waals surface area (Å²) in [6, 6.07) is 6.98. The van der Waals surface area contributed by atoms with Gasteiger partial charge in [-0.15, -0.1) is 21.8 Å². The van der Waals surface area contributed by atoms with E-state index in [-0.39, 0.29) is 4.34 Å². The molecule has 2 aromatic rings. The van der Waals surface area contributed by atoms with Crippen LogP contribution in [0.15, 0.2) is 28.6 Å². The molecule has 1 aromatic heterocycles. The normalized spacial score (nSPS) is 11.9. The summed E-state index contributed by atoms with van der Waals surface area (Å²) in [5, 5.41) is 7.94. The van der Waals surface area contributed by atoms with Gasteiger partial charge in [0.05, 0.1) is 6.61 Å². The van der Waals surface area contributed by atoms with Crippen molar-refractivity contribution in [1.29, 1.82) is 0 Å². The van der Waals surface area contributed by atoms with Crippen LogP contribution in [-0.4, -0.2) is 42.8 Å². The number of nitrogens with zero attached hydrogens (tertiary/aromatic N) is 2. The summed E-state index contributed by atoms with van der Waals surface area (Å²) in [6.45, 7) is 5.41. The average molecular weight is 434 g/mol. The SMILES string of the molecule is CC(C)(C)OC(=O)NS(=O)(=O)c1nnc(-c2ccc(OCCCCl)cc2)s1. The second kappa shape index (κ2) is 8.85. The Morgan fingerprint density at radius 1 is 1.22 bits per heavy atom. The zero-order valence-electron chi connectivity index (χ0n) is 15.1. The molecule has 11 heteroatoms. The molecule has 0 spiro atoms. The molecule has 0 atom stereocenters. The zero-order chi connectivity index (χ0) is 20.1. The van der Waals surface area contributed by atoms with Gasteiger partial charge in [0.15, 0.2) is 0 Å². The van der Waals surface area contributed by atoms with Crippen LogP contribution >= 0.6 is 22.9 Å². The second-order valence-corrected chi connectivity index (χ2v) is 9.61. The first kappa shape index (κ1) is 21.4. The molecule has 1 aromatic carbocycles. The van der Waals surface area contributed by atoms with Crippen molar-refractivity contribution >= 4 is 39.1 Å². The maximum atomic E-state index is 12.2. The molecule has 0 aliphatic carbocycles. The number of aromatic nitrogens is 2. The van der Waals surface area contributed by atoms with Crippen LogP contribution in [0.5, 0.6) is 5.75 Å². The molecular weight excluding hydrogens is 414 g/mol. The Kier molecular flexibility index (Phi) is 7.01. The van der Waals surface area contributed by atoms with Crippen LogP contribution in [0.2, 0.25) is 0 Å². The first-order valence-corrected chi connectivity index (χ1v) is 10.8. The maximum Gasteiger partial charge on any atom is 0.421 e. The van der Waals surface area contributed by atoms with Crippen molar-refractivity contribution in [3.8, 4) is 16.3 Å². The number of rotatable bonds is 7. The van der Waals surface area contributed by atoms with Crippen molar-refractivity contribution in [2.24, 2.45) is 0 Å².